The zero-order chi connectivity index (χ0) is 12.2. The summed E-state index contributed by atoms with van der Waals surface area (Å²) in [6, 6.07) is 0. The van der Waals surface area contributed by atoms with Gasteiger partial charge in [0, 0.05) is 19.1 Å². The van der Waals surface area contributed by atoms with Crippen LogP contribution in [0.3, 0.4) is 0 Å². The van der Waals surface area contributed by atoms with Gasteiger partial charge in [-0.1, -0.05) is 13.3 Å². The van der Waals surface area contributed by atoms with E-state index < -0.39 is 5.54 Å². The molecule has 1 aliphatic heterocycles. The van der Waals surface area contributed by atoms with Crippen LogP contribution in [0.5, 0.6) is 0 Å². The van der Waals surface area contributed by atoms with Crippen LogP contribution >= 0.6 is 0 Å². The molecule has 4 nitrogen and oxygen atoms in total. The molecular weight excluding hydrogens is 204 g/mol. The number of hydrogen-bond acceptors (Lipinski definition) is 3. The summed E-state index contributed by atoms with van der Waals surface area (Å²) >= 11 is 0. The van der Waals surface area contributed by atoms with Gasteiger partial charge in [0.25, 0.3) is 0 Å². The number of rotatable bonds is 5. The van der Waals surface area contributed by atoms with Crippen LogP contribution in [0.15, 0.2) is 0 Å². The van der Waals surface area contributed by atoms with Gasteiger partial charge in [0.1, 0.15) is 0 Å². The summed E-state index contributed by atoms with van der Waals surface area (Å²) in [6.45, 7) is 7.36. The van der Waals surface area contributed by atoms with Crippen LogP contribution in [0, 0.1) is 5.92 Å². The standard InChI is InChI=1S/C12H24N2O2/c1-4-6-12(3,13)11(15)14-8-10-5-7-16-9(10)2/h9-10H,4-8,13H2,1-3H3,(H,14,15). The van der Waals surface area contributed by atoms with E-state index in [0.29, 0.717) is 12.5 Å². The average Bonchev–Trinajstić information content (AvgIpc) is 2.60. The van der Waals surface area contributed by atoms with Crippen molar-refractivity contribution in [2.45, 2.75) is 51.7 Å². The molecule has 4 heteroatoms. The topological polar surface area (TPSA) is 64.4 Å². The number of hydrogen-bond donors (Lipinski definition) is 2. The molecule has 1 amide bonds. The highest BCUT2D eigenvalue weighted by molar-refractivity contribution is 5.85. The van der Waals surface area contributed by atoms with Crippen molar-refractivity contribution in [1.29, 1.82) is 0 Å². The van der Waals surface area contributed by atoms with Gasteiger partial charge in [-0.2, -0.15) is 0 Å². The zero-order valence-electron chi connectivity index (χ0n) is 10.6. The Bertz CT molecular complexity index is 241. The molecule has 1 heterocycles. The highest BCUT2D eigenvalue weighted by Crippen LogP contribution is 2.19. The molecule has 0 aromatic heterocycles. The molecule has 1 aliphatic rings. The third-order valence-corrected chi connectivity index (χ3v) is 3.35. The van der Waals surface area contributed by atoms with Crippen LogP contribution in [-0.2, 0) is 9.53 Å². The summed E-state index contributed by atoms with van der Waals surface area (Å²) in [4.78, 5) is 11.8. The minimum Gasteiger partial charge on any atom is -0.378 e. The van der Waals surface area contributed by atoms with Crippen molar-refractivity contribution in [2.24, 2.45) is 11.7 Å². The summed E-state index contributed by atoms with van der Waals surface area (Å²) in [5.74, 6) is 0.384. The maximum atomic E-state index is 11.8. The molecule has 0 aliphatic carbocycles. The maximum absolute atomic E-state index is 11.8. The molecule has 0 saturated carbocycles. The van der Waals surface area contributed by atoms with Crippen LogP contribution < -0.4 is 11.1 Å². The van der Waals surface area contributed by atoms with E-state index >= 15 is 0 Å². The van der Waals surface area contributed by atoms with Gasteiger partial charge >= 0.3 is 0 Å². The van der Waals surface area contributed by atoms with E-state index in [-0.39, 0.29) is 12.0 Å². The van der Waals surface area contributed by atoms with Crippen molar-refractivity contribution in [3.63, 3.8) is 0 Å². The van der Waals surface area contributed by atoms with Crippen molar-refractivity contribution in [2.75, 3.05) is 13.2 Å². The van der Waals surface area contributed by atoms with Crippen LogP contribution in [0.25, 0.3) is 0 Å². The fourth-order valence-electron chi connectivity index (χ4n) is 2.10. The van der Waals surface area contributed by atoms with Crippen LogP contribution in [0.4, 0.5) is 0 Å². The van der Waals surface area contributed by atoms with Crippen molar-refractivity contribution in [3.8, 4) is 0 Å². The lowest BCUT2D eigenvalue weighted by Gasteiger charge is -2.24. The van der Waals surface area contributed by atoms with Crippen LogP contribution in [0.2, 0.25) is 0 Å². The number of amides is 1. The summed E-state index contributed by atoms with van der Waals surface area (Å²) in [6.07, 6.45) is 2.91. The molecule has 3 unspecified atom stereocenters. The van der Waals surface area contributed by atoms with Gasteiger partial charge in [-0.15, -0.1) is 0 Å². The van der Waals surface area contributed by atoms with Crippen LogP contribution in [0.1, 0.15) is 40.0 Å². The minimum atomic E-state index is -0.739. The lowest BCUT2D eigenvalue weighted by molar-refractivity contribution is -0.126. The average molecular weight is 228 g/mol. The summed E-state index contributed by atoms with van der Waals surface area (Å²) in [7, 11) is 0. The molecule has 0 aromatic carbocycles. The van der Waals surface area contributed by atoms with Gasteiger partial charge in [-0.05, 0) is 26.7 Å². The second kappa shape index (κ2) is 5.64. The molecular formula is C12H24N2O2. The quantitative estimate of drug-likeness (QED) is 0.739. The third kappa shape index (κ3) is 3.46. The number of nitrogens with two attached hydrogens (primary N) is 1. The van der Waals surface area contributed by atoms with Crippen molar-refractivity contribution in [1.82, 2.24) is 5.32 Å². The normalized spacial score (nSPS) is 28.8. The Labute approximate surface area is 97.9 Å². The van der Waals surface area contributed by atoms with E-state index in [1.54, 1.807) is 6.92 Å². The largest absolute Gasteiger partial charge is 0.378 e. The molecule has 3 atom stereocenters. The van der Waals surface area contributed by atoms with Gasteiger partial charge in [0.15, 0.2) is 0 Å². The van der Waals surface area contributed by atoms with E-state index in [1.165, 1.54) is 0 Å². The highest BCUT2D eigenvalue weighted by Gasteiger charge is 2.29. The fourth-order valence-corrected chi connectivity index (χ4v) is 2.10. The third-order valence-electron chi connectivity index (χ3n) is 3.35. The fraction of sp³-hybridized carbons (Fsp3) is 0.917. The number of ether oxygens (including phenoxy) is 1. The Balaban J connectivity index is 2.34. The predicted molar refractivity (Wildman–Crippen MR) is 64.0 cm³/mol. The Morgan fingerprint density at radius 2 is 2.31 bits per heavy atom. The smallest absolute Gasteiger partial charge is 0.239 e. The number of nitrogens with one attached hydrogen (secondary N) is 1. The molecule has 0 bridgehead atoms. The Morgan fingerprint density at radius 3 is 2.81 bits per heavy atom. The first-order valence-electron chi connectivity index (χ1n) is 6.16. The summed E-state index contributed by atoms with van der Waals surface area (Å²) < 4.78 is 5.45. The van der Waals surface area contributed by atoms with Gasteiger partial charge in [0.2, 0.25) is 5.91 Å². The highest BCUT2D eigenvalue weighted by atomic mass is 16.5. The number of carbonyl (C=O) groups is 1. The molecule has 0 spiro atoms. The lowest BCUT2D eigenvalue weighted by Crippen LogP contribution is -2.52. The molecule has 0 radical (unpaired) electrons. The molecule has 16 heavy (non-hydrogen) atoms. The Kier molecular flexibility index (Phi) is 4.74. The van der Waals surface area contributed by atoms with Gasteiger partial charge in [-0.25, -0.2) is 0 Å². The lowest BCUT2D eigenvalue weighted by atomic mass is 9.95. The van der Waals surface area contributed by atoms with E-state index in [2.05, 4.69) is 12.2 Å². The predicted octanol–water partition coefficient (Wildman–Crippen LogP) is 1.05. The van der Waals surface area contributed by atoms with Crippen LogP contribution in [-0.4, -0.2) is 30.7 Å². The monoisotopic (exact) mass is 228 g/mol. The Morgan fingerprint density at radius 1 is 1.62 bits per heavy atom. The van der Waals surface area contributed by atoms with E-state index in [4.69, 9.17) is 10.5 Å². The van der Waals surface area contributed by atoms with Crippen molar-refractivity contribution in [3.05, 3.63) is 0 Å². The van der Waals surface area contributed by atoms with Gasteiger partial charge in [0.05, 0.1) is 11.6 Å². The first kappa shape index (κ1) is 13.5. The molecule has 1 fully saturated rings. The zero-order valence-corrected chi connectivity index (χ0v) is 10.6. The first-order valence-corrected chi connectivity index (χ1v) is 6.16. The molecule has 94 valence electrons. The second-order valence-electron chi connectivity index (χ2n) is 5.00. The van der Waals surface area contributed by atoms with Gasteiger partial charge in [-0.3, -0.25) is 4.79 Å². The van der Waals surface area contributed by atoms with E-state index in [1.807, 2.05) is 6.92 Å². The molecule has 1 saturated heterocycles. The minimum absolute atomic E-state index is 0.0477. The van der Waals surface area contributed by atoms with Gasteiger partial charge < -0.3 is 15.8 Å². The maximum Gasteiger partial charge on any atom is 0.239 e. The molecule has 3 N–H and O–H groups in total. The summed E-state index contributed by atoms with van der Waals surface area (Å²) in [5.41, 5.74) is 5.21. The first-order chi connectivity index (χ1) is 7.47. The van der Waals surface area contributed by atoms with E-state index in [0.717, 1.165) is 25.9 Å². The van der Waals surface area contributed by atoms with Crippen molar-refractivity contribution < 1.29 is 9.53 Å². The molecule has 0 aromatic rings. The molecule has 1 rings (SSSR count). The number of carbonyl (C=O) groups excluding carboxylic acids is 1. The van der Waals surface area contributed by atoms with E-state index in [9.17, 15) is 4.79 Å². The summed E-state index contributed by atoms with van der Waals surface area (Å²) in [5, 5.41) is 2.94. The Hall–Kier alpha value is -0.610. The second-order valence-corrected chi connectivity index (χ2v) is 5.00. The SMILES string of the molecule is CCCC(C)(N)C(=O)NCC1CCOC1C. The van der Waals surface area contributed by atoms with Crippen molar-refractivity contribution >= 4 is 5.91 Å².